The van der Waals surface area contributed by atoms with Gasteiger partial charge in [-0.15, -0.1) is 0 Å². The molecule has 0 unspecified atom stereocenters. The summed E-state index contributed by atoms with van der Waals surface area (Å²) >= 11 is 0. The van der Waals surface area contributed by atoms with E-state index in [2.05, 4.69) is 12.1 Å². The van der Waals surface area contributed by atoms with Crippen molar-refractivity contribution in [2.75, 3.05) is 0 Å². The molecule has 6 N–H and O–H groups in total. The Labute approximate surface area is 207 Å². The van der Waals surface area contributed by atoms with Crippen LogP contribution in [0.4, 0.5) is 0 Å². The Balaban J connectivity index is 1.51. The Bertz CT molecular complexity index is 1360. The van der Waals surface area contributed by atoms with Gasteiger partial charge in [0.15, 0.2) is 11.4 Å². The zero-order valence-electron chi connectivity index (χ0n) is 19.5. The molecule has 3 aliphatic carbocycles. The maximum atomic E-state index is 13.6. The van der Waals surface area contributed by atoms with E-state index in [1.807, 2.05) is 18.2 Å². The van der Waals surface area contributed by atoms with E-state index in [9.17, 15) is 34.8 Å². The number of rotatable bonds is 5. The van der Waals surface area contributed by atoms with Crippen LogP contribution in [-0.2, 0) is 28.9 Å². The maximum Gasteiger partial charge on any atom is 0.255 e. The lowest BCUT2D eigenvalue weighted by Crippen LogP contribution is -2.57. The highest BCUT2D eigenvalue weighted by Crippen LogP contribution is 2.51. The van der Waals surface area contributed by atoms with E-state index in [0.717, 1.165) is 18.4 Å². The van der Waals surface area contributed by atoms with Crippen LogP contribution in [0.3, 0.4) is 0 Å². The average molecular weight is 490 g/mol. The van der Waals surface area contributed by atoms with Crippen molar-refractivity contribution in [2.24, 2.45) is 17.6 Å². The van der Waals surface area contributed by atoms with Crippen molar-refractivity contribution in [1.29, 1.82) is 0 Å². The third-order valence-corrected chi connectivity index (χ3v) is 7.80. The Hall–Kier alpha value is -3.91. The van der Waals surface area contributed by atoms with Gasteiger partial charge in [0.1, 0.15) is 22.8 Å². The SMILES string of the molecule is NC(=O)C1=C(O)C[C@@H]2C[C@@H]3Cc4c(CCCc5ccccc5)ccc(O)c4C(=O)C3=C(O)[C@]2(O)C1=O. The first-order valence-corrected chi connectivity index (χ1v) is 12.0. The second-order valence-corrected chi connectivity index (χ2v) is 9.85. The molecule has 0 spiro atoms. The Morgan fingerprint density at radius 3 is 2.42 bits per heavy atom. The second-order valence-electron chi connectivity index (χ2n) is 9.85. The highest BCUT2D eigenvalue weighted by Gasteiger charge is 2.59. The number of nitrogens with two attached hydrogens (primary N) is 1. The predicted octanol–water partition coefficient (Wildman–Crippen LogP) is 2.76. The number of primary amides is 1. The quantitative estimate of drug-likeness (QED) is 0.404. The average Bonchev–Trinajstić information content (AvgIpc) is 2.83. The summed E-state index contributed by atoms with van der Waals surface area (Å²) in [5, 5.41) is 43.2. The number of carbonyl (C=O) groups excluding carboxylic acids is 3. The third-order valence-electron chi connectivity index (χ3n) is 7.80. The van der Waals surface area contributed by atoms with Gasteiger partial charge in [0.25, 0.3) is 5.91 Å². The number of Topliss-reactive ketones (excluding diaryl/α,β-unsaturated/α-hetero) is 2. The molecular formula is C28H27NO7. The first kappa shape index (κ1) is 23.8. The molecular weight excluding hydrogens is 462 g/mol. The number of benzene rings is 2. The van der Waals surface area contributed by atoms with Gasteiger partial charge >= 0.3 is 0 Å². The van der Waals surface area contributed by atoms with Crippen LogP contribution in [0, 0.1) is 11.8 Å². The van der Waals surface area contributed by atoms with Gasteiger partial charge in [0.2, 0.25) is 5.78 Å². The number of hydrogen-bond acceptors (Lipinski definition) is 7. The number of fused-ring (bicyclic) bond motifs is 3. The van der Waals surface area contributed by atoms with Crippen molar-refractivity contribution in [3.05, 3.63) is 87.4 Å². The minimum absolute atomic E-state index is 0.0591. The molecule has 36 heavy (non-hydrogen) atoms. The number of aromatic hydroxyl groups is 1. The summed E-state index contributed by atoms with van der Waals surface area (Å²) in [6, 6.07) is 13.3. The molecule has 0 saturated heterocycles. The number of amides is 1. The van der Waals surface area contributed by atoms with Crippen molar-refractivity contribution >= 4 is 17.5 Å². The number of aryl methyl sites for hydroxylation is 2. The van der Waals surface area contributed by atoms with Crippen LogP contribution in [0.5, 0.6) is 5.75 Å². The molecule has 8 nitrogen and oxygen atoms in total. The number of aliphatic hydroxyl groups excluding tert-OH is 2. The monoisotopic (exact) mass is 489 g/mol. The molecule has 0 saturated carbocycles. The van der Waals surface area contributed by atoms with Gasteiger partial charge in [-0.1, -0.05) is 36.4 Å². The predicted molar refractivity (Wildman–Crippen MR) is 129 cm³/mol. The van der Waals surface area contributed by atoms with Crippen LogP contribution in [-0.4, -0.2) is 43.5 Å². The summed E-state index contributed by atoms with van der Waals surface area (Å²) < 4.78 is 0. The third kappa shape index (κ3) is 3.52. The number of hydrogen-bond donors (Lipinski definition) is 5. The lowest BCUT2D eigenvalue weighted by molar-refractivity contribution is -0.144. The zero-order chi connectivity index (χ0) is 25.8. The fourth-order valence-corrected chi connectivity index (χ4v) is 6.05. The molecule has 0 radical (unpaired) electrons. The smallest absolute Gasteiger partial charge is 0.255 e. The largest absolute Gasteiger partial charge is 0.511 e. The number of phenolic OH excluding ortho intramolecular Hbond substituents is 1. The van der Waals surface area contributed by atoms with Crippen molar-refractivity contribution in [1.82, 2.24) is 0 Å². The van der Waals surface area contributed by atoms with Gasteiger partial charge in [-0.05, 0) is 60.8 Å². The normalized spacial score (nSPS) is 25.4. The number of phenols is 1. The van der Waals surface area contributed by atoms with E-state index in [0.29, 0.717) is 18.4 Å². The number of aliphatic hydroxyl groups is 3. The number of carbonyl (C=O) groups is 3. The van der Waals surface area contributed by atoms with E-state index in [4.69, 9.17) is 5.73 Å². The van der Waals surface area contributed by atoms with Crippen molar-refractivity contribution in [3.63, 3.8) is 0 Å². The standard InChI is InChI=1S/C28H27NO7/c29-27(35)23-20(31)13-17-11-16-12-18-15(8-4-7-14-5-2-1-3-6-14)9-10-19(30)22(18)24(32)21(16)25(33)28(17,36)26(23)34/h1-3,5-6,9-10,16-17,30-31,33,36H,4,7-8,11-13H2,(H2,29,35)/t16-,17+,28+/m1/s1. The molecule has 5 rings (SSSR count). The molecule has 0 heterocycles. The van der Waals surface area contributed by atoms with Crippen molar-refractivity contribution in [3.8, 4) is 5.75 Å². The summed E-state index contributed by atoms with van der Waals surface area (Å²) in [4.78, 5) is 38.3. The molecule has 0 fully saturated rings. The van der Waals surface area contributed by atoms with Crippen LogP contribution in [0.2, 0.25) is 0 Å². The van der Waals surface area contributed by atoms with Crippen LogP contribution < -0.4 is 5.73 Å². The fourth-order valence-electron chi connectivity index (χ4n) is 6.05. The highest BCUT2D eigenvalue weighted by molar-refractivity contribution is 6.24. The number of ketones is 2. The first-order valence-electron chi connectivity index (χ1n) is 12.0. The van der Waals surface area contributed by atoms with E-state index in [1.165, 1.54) is 11.6 Å². The molecule has 0 aliphatic heterocycles. The Kier molecular flexibility index (Phi) is 5.71. The summed E-state index contributed by atoms with van der Waals surface area (Å²) in [6.45, 7) is 0. The second kappa shape index (κ2) is 8.64. The first-order chi connectivity index (χ1) is 17.1. The molecule has 0 bridgehead atoms. The van der Waals surface area contributed by atoms with Gasteiger partial charge in [-0.25, -0.2) is 0 Å². The van der Waals surface area contributed by atoms with Crippen LogP contribution in [0.25, 0.3) is 0 Å². The Morgan fingerprint density at radius 1 is 1.00 bits per heavy atom. The van der Waals surface area contributed by atoms with Crippen LogP contribution in [0.1, 0.15) is 46.3 Å². The van der Waals surface area contributed by atoms with E-state index < -0.39 is 52.0 Å². The minimum Gasteiger partial charge on any atom is -0.511 e. The maximum absolute atomic E-state index is 13.6. The lowest BCUT2D eigenvalue weighted by Gasteiger charge is -2.45. The molecule has 2 aromatic rings. The van der Waals surface area contributed by atoms with Gasteiger partial charge in [0.05, 0.1) is 5.56 Å². The van der Waals surface area contributed by atoms with Crippen molar-refractivity contribution < 1.29 is 34.8 Å². The fraction of sp³-hybridized carbons (Fsp3) is 0.321. The summed E-state index contributed by atoms with van der Waals surface area (Å²) in [5.74, 6) is -6.15. The summed E-state index contributed by atoms with van der Waals surface area (Å²) in [5.41, 5.74) is 4.64. The minimum atomic E-state index is -2.54. The van der Waals surface area contributed by atoms with Gasteiger partial charge in [0, 0.05) is 17.9 Å². The molecule has 8 heteroatoms. The highest BCUT2D eigenvalue weighted by atomic mass is 16.3. The Morgan fingerprint density at radius 2 is 1.72 bits per heavy atom. The van der Waals surface area contributed by atoms with E-state index in [1.54, 1.807) is 6.07 Å². The molecule has 0 aromatic heterocycles. The summed E-state index contributed by atoms with van der Waals surface area (Å²) in [6.07, 6.45) is 2.58. The number of allylic oxidation sites excluding steroid dienone is 2. The topological polar surface area (TPSA) is 158 Å². The molecule has 3 atom stereocenters. The molecule has 186 valence electrons. The molecule has 3 aliphatic rings. The molecule has 2 aromatic carbocycles. The van der Waals surface area contributed by atoms with Crippen LogP contribution >= 0.6 is 0 Å². The van der Waals surface area contributed by atoms with Gasteiger partial charge in [-0.2, -0.15) is 0 Å². The zero-order valence-corrected chi connectivity index (χ0v) is 19.5. The van der Waals surface area contributed by atoms with Gasteiger partial charge in [-0.3, -0.25) is 14.4 Å². The summed E-state index contributed by atoms with van der Waals surface area (Å²) in [7, 11) is 0. The van der Waals surface area contributed by atoms with Gasteiger partial charge < -0.3 is 26.2 Å². The lowest BCUT2D eigenvalue weighted by atomic mass is 9.60. The van der Waals surface area contributed by atoms with Crippen LogP contribution in [0.15, 0.2) is 65.1 Å². The van der Waals surface area contributed by atoms with Crippen molar-refractivity contribution in [2.45, 2.75) is 44.1 Å². The van der Waals surface area contributed by atoms with E-state index in [-0.39, 0.29) is 29.7 Å². The van der Waals surface area contributed by atoms with E-state index >= 15 is 0 Å². The molecule has 1 amide bonds.